The van der Waals surface area contributed by atoms with Gasteiger partial charge in [0.05, 0.1) is 0 Å². The Bertz CT molecular complexity index is 341. The van der Waals surface area contributed by atoms with E-state index >= 15 is 0 Å². The second-order valence-electron chi connectivity index (χ2n) is 1.22. The van der Waals surface area contributed by atoms with E-state index in [1.165, 1.54) is 0 Å². The Kier molecular flexibility index (Phi) is 23.2. The summed E-state index contributed by atoms with van der Waals surface area (Å²) in [4.78, 5) is 0. The molecule has 0 radical (unpaired) electrons. The zero-order chi connectivity index (χ0) is 13.5. The van der Waals surface area contributed by atoms with E-state index < -0.39 is 40.8 Å². The third kappa shape index (κ3) is 1610. The molecule has 0 heterocycles. The van der Waals surface area contributed by atoms with Crippen LogP contribution < -0.4 is 24.9 Å². The number of hydrogen-bond donors (Lipinski definition) is 0. The molecule has 0 aromatic rings. The van der Waals surface area contributed by atoms with Crippen LogP contribution in [0.2, 0.25) is 0 Å². The van der Waals surface area contributed by atoms with E-state index in [1.54, 1.807) is 0 Å². The molecule has 0 aliphatic rings. The molecule has 0 fully saturated rings. The average Bonchev–Trinajstić information content (AvgIpc) is 1.41. The third-order valence-corrected chi connectivity index (χ3v) is 0. The number of hydrogen-bond acceptors (Lipinski definition) is 12. The van der Waals surface area contributed by atoms with Crippen molar-refractivity contribution >= 4 is 0 Å². The van der Waals surface area contributed by atoms with Crippen LogP contribution in [0.4, 0.5) is 0 Å². The summed E-state index contributed by atoms with van der Waals surface area (Å²) in [7, 11) is 0. The van der Waals surface area contributed by atoms with Gasteiger partial charge in [0.25, 0.3) is 0 Å². The van der Waals surface area contributed by atoms with E-state index in [0.717, 1.165) is 0 Å². The van der Waals surface area contributed by atoms with Crippen LogP contribution in [0.15, 0.2) is 0 Å². The summed E-state index contributed by atoms with van der Waals surface area (Å²) >= 11 is -17.2. The fraction of sp³-hybridized carbons (Fsp3) is 0. The topological polar surface area (TPSA) is 241 Å². The van der Waals surface area contributed by atoms with Gasteiger partial charge in [0.2, 0.25) is 0 Å². The fourth-order valence-electron chi connectivity index (χ4n) is 0. The van der Waals surface area contributed by atoms with Gasteiger partial charge in [-0.2, -0.15) is 0 Å². The summed E-state index contributed by atoms with van der Waals surface area (Å²) in [5.41, 5.74) is 0. The van der Waals surface area contributed by atoms with Crippen molar-refractivity contribution in [2.45, 2.75) is 0 Å². The van der Waals surface area contributed by atoms with Crippen molar-refractivity contribution in [2.75, 3.05) is 0 Å². The van der Waals surface area contributed by atoms with Gasteiger partial charge in [-0.15, -0.1) is 0 Å². The van der Waals surface area contributed by atoms with Gasteiger partial charge >= 0.3 is 133 Å². The summed E-state index contributed by atoms with van der Waals surface area (Å²) in [5.74, 6) is 0. The van der Waals surface area contributed by atoms with Crippen molar-refractivity contribution < 1.29 is 133 Å². The molecule has 0 N–H and O–H groups in total. The standard InChI is InChI=1S/2Au.3Cr.12O/q2*+3;;;;;;;;;;6*-1. The molecule has 17 heavy (non-hydrogen) atoms. The second-order valence-corrected chi connectivity index (χ2v) is 5.05. The van der Waals surface area contributed by atoms with E-state index in [0.29, 0.717) is 0 Å². The summed E-state index contributed by atoms with van der Waals surface area (Å²) in [6.07, 6.45) is 0. The van der Waals surface area contributed by atoms with Crippen LogP contribution in [0.1, 0.15) is 0 Å². The van der Waals surface area contributed by atoms with Gasteiger partial charge in [0, 0.05) is 0 Å². The van der Waals surface area contributed by atoms with Gasteiger partial charge in [0.1, 0.15) is 0 Å². The van der Waals surface area contributed by atoms with E-state index in [-0.39, 0.29) is 44.8 Å². The average molecular weight is 742 g/mol. The van der Waals surface area contributed by atoms with Crippen LogP contribution in [0.25, 0.3) is 0 Å². The Morgan fingerprint density at radius 1 is 0.412 bits per heavy atom. The predicted molar refractivity (Wildman–Crippen MR) is 4.12 cm³/mol. The first-order valence-electron chi connectivity index (χ1n) is 2.00. The van der Waals surface area contributed by atoms with Gasteiger partial charge in [0.15, 0.2) is 0 Å². The molecule has 12 nitrogen and oxygen atoms in total. The molecular formula is Au2Cr3O12. The van der Waals surface area contributed by atoms with Gasteiger partial charge in [-0.25, -0.2) is 0 Å². The minimum absolute atomic E-state index is 0. The van der Waals surface area contributed by atoms with Crippen LogP contribution in [-0.2, 0) is 108 Å². The third-order valence-electron chi connectivity index (χ3n) is 0. The molecule has 17 heteroatoms. The molecule has 0 saturated heterocycles. The van der Waals surface area contributed by atoms with E-state index in [9.17, 15) is 0 Å². The van der Waals surface area contributed by atoms with Crippen molar-refractivity contribution in [2.24, 2.45) is 0 Å². The number of rotatable bonds is 0. The first kappa shape index (κ1) is 31.2. The minimum atomic E-state index is -5.75. The Labute approximate surface area is 132 Å². The van der Waals surface area contributed by atoms with Crippen molar-refractivity contribution in [3.8, 4) is 0 Å². The molecule has 0 atom stereocenters. The first-order chi connectivity index (χ1) is 6.00. The second kappa shape index (κ2) is 12.7. The maximum absolute atomic E-state index is 8.59. The summed E-state index contributed by atoms with van der Waals surface area (Å²) in [6, 6.07) is 0. The quantitative estimate of drug-likeness (QED) is 0.210. The summed E-state index contributed by atoms with van der Waals surface area (Å²) in [6.45, 7) is 0. The molecule has 0 spiro atoms. The van der Waals surface area contributed by atoms with Crippen molar-refractivity contribution in [3.05, 3.63) is 0 Å². The van der Waals surface area contributed by atoms with E-state index in [1.807, 2.05) is 0 Å². The maximum atomic E-state index is 8.59. The molecule has 0 aromatic heterocycles. The zero-order valence-electron chi connectivity index (χ0n) is 6.73. The molecule has 0 unspecified atom stereocenters. The van der Waals surface area contributed by atoms with E-state index in [2.05, 4.69) is 0 Å². The van der Waals surface area contributed by atoms with Crippen LogP contribution in [0.3, 0.4) is 0 Å². The Hall–Kier alpha value is 1.64. The monoisotopic (exact) mass is 742 g/mol. The van der Waals surface area contributed by atoms with Crippen LogP contribution >= 0.6 is 0 Å². The van der Waals surface area contributed by atoms with Crippen LogP contribution in [0, 0.1) is 0 Å². The molecule has 112 valence electrons. The van der Waals surface area contributed by atoms with Crippen molar-refractivity contribution in [3.63, 3.8) is 0 Å². The molecule has 0 aromatic carbocycles. The first-order valence-corrected chi connectivity index (χ1v) is 8.25. The SMILES string of the molecule is [Au+3].[Au+3].[O]=[Cr](=[O])([O-])[O-].[O]=[Cr](=[O])([O-])[O-].[O]=[Cr](=[O])([O-])[O-]. The molecule has 0 saturated carbocycles. The molecule has 0 aliphatic carbocycles. The molecule has 0 aliphatic heterocycles. The van der Waals surface area contributed by atoms with Crippen molar-refractivity contribution in [1.29, 1.82) is 0 Å². The molecular weight excluding hydrogens is 742 g/mol. The van der Waals surface area contributed by atoms with E-state index in [4.69, 9.17) is 47.8 Å². The normalized spacial score (nSPS) is 10.2. The van der Waals surface area contributed by atoms with Crippen LogP contribution in [-0.4, -0.2) is 0 Å². The van der Waals surface area contributed by atoms with Gasteiger partial charge in [-0.3, -0.25) is 0 Å². The zero-order valence-corrected chi connectivity index (χ0v) is 14.9. The Morgan fingerprint density at radius 2 is 0.412 bits per heavy atom. The van der Waals surface area contributed by atoms with Crippen molar-refractivity contribution in [1.82, 2.24) is 0 Å². The molecule has 0 amide bonds. The fourth-order valence-corrected chi connectivity index (χ4v) is 0. The Balaban J connectivity index is -0.0000000400. The summed E-state index contributed by atoms with van der Waals surface area (Å²) in [5, 5.41) is 0. The van der Waals surface area contributed by atoms with Crippen LogP contribution in [0.5, 0.6) is 0 Å². The predicted octanol–water partition coefficient (Wildman–Crippen LogP) is -7.86. The van der Waals surface area contributed by atoms with Gasteiger partial charge in [-0.1, -0.05) is 0 Å². The van der Waals surface area contributed by atoms with Gasteiger partial charge in [-0.05, 0) is 0 Å². The Morgan fingerprint density at radius 3 is 0.412 bits per heavy atom. The molecule has 0 rings (SSSR count). The molecule has 0 bridgehead atoms. The summed E-state index contributed by atoms with van der Waals surface area (Å²) < 4.78 is 103. The van der Waals surface area contributed by atoms with Gasteiger partial charge < -0.3 is 0 Å².